The lowest BCUT2D eigenvalue weighted by Crippen LogP contribution is -2.46. The highest BCUT2D eigenvalue weighted by Crippen LogP contribution is 2.27. The summed E-state index contributed by atoms with van der Waals surface area (Å²) in [6, 6.07) is 5.75. The summed E-state index contributed by atoms with van der Waals surface area (Å²) >= 11 is 5.76. The van der Waals surface area contributed by atoms with Gasteiger partial charge < -0.3 is 5.11 Å². The molecule has 2 rings (SSSR count). The van der Waals surface area contributed by atoms with Crippen LogP contribution >= 0.6 is 11.6 Å². The van der Waals surface area contributed by atoms with Crippen LogP contribution in [0.3, 0.4) is 0 Å². The Labute approximate surface area is 119 Å². The molecular formula is C13H18ClNO3S. The fourth-order valence-corrected chi connectivity index (χ4v) is 4.01. The van der Waals surface area contributed by atoms with Crippen molar-refractivity contribution in [3.05, 3.63) is 29.3 Å². The molecule has 1 aromatic rings. The Bertz CT molecular complexity index is 529. The van der Waals surface area contributed by atoms with Crippen LogP contribution in [-0.4, -0.2) is 37.0 Å². The molecule has 1 aliphatic carbocycles. The maximum absolute atomic E-state index is 12.5. The highest BCUT2D eigenvalue weighted by molar-refractivity contribution is 7.89. The fourth-order valence-electron chi connectivity index (χ4n) is 2.47. The number of nitrogens with zero attached hydrogens (tertiary/aromatic N) is 1. The molecule has 0 saturated heterocycles. The van der Waals surface area contributed by atoms with Crippen LogP contribution in [0.2, 0.25) is 5.02 Å². The minimum atomic E-state index is -3.57. The summed E-state index contributed by atoms with van der Waals surface area (Å²) in [6.07, 6.45) is 2.67. The van der Waals surface area contributed by atoms with Gasteiger partial charge in [-0.05, 0) is 37.1 Å². The molecule has 19 heavy (non-hydrogen) atoms. The lowest BCUT2D eigenvalue weighted by molar-refractivity contribution is 0.0638. The van der Waals surface area contributed by atoms with Crippen molar-refractivity contribution < 1.29 is 13.5 Å². The molecule has 0 spiro atoms. The van der Waals surface area contributed by atoms with Gasteiger partial charge in [0.1, 0.15) is 0 Å². The standard InChI is InChI=1S/C13H18ClNO3S/c1-15(12-4-2-3-5-13(12)16)19(17,18)11-8-6-10(14)7-9-11/h6-9,12-13,16H,2-5H2,1H3. The van der Waals surface area contributed by atoms with Crippen molar-refractivity contribution in [2.24, 2.45) is 0 Å². The van der Waals surface area contributed by atoms with E-state index in [1.54, 1.807) is 12.1 Å². The number of rotatable bonds is 3. The number of hydrogen-bond acceptors (Lipinski definition) is 3. The van der Waals surface area contributed by atoms with E-state index >= 15 is 0 Å². The SMILES string of the molecule is CN(C1CCCCC1O)S(=O)(=O)c1ccc(Cl)cc1. The van der Waals surface area contributed by atoms with Crippen molar-refractivity contribution in [3.63, 3.8) is 0 Å². The first kappa shape index (κ1) is 14.8. The first-order chi connectivity index (χ1) is 8.93. The van der Waals surface area contributed by atoms with Gasteiger partial charge in [0, 0.05) is 12.1 Å². The Morgan fingerprint density at radius 1 is 1.21 bits per heavy atom. The van der Waals surface area contributed by atoms with Crippen molar-refractivity contribution >= 4 is 21.6 Å². The molecule has 1 N–H and O–H groups in total. The molecule has 6 heteroatoms. The van der Waals surface area contributed by atoms with Gasteiger partial charge in [0.05, 0.1) is 17.0 Å². The summed E-state index contributed by atoms with van der Waals surface area (Å²) in [7, 11) is -2.04. The third kappa shape index (κ3) is 3.11. The summed E-state index contributed by atoms with van der Waals surface area (Å²) in [5.74, 6) is 0. The molecule has 0 aliphatic heterocycles. The molecule has 0 amide bonds. The number of sulfonamides is 1. The van der Waals surface area contributed by atoms with E-state index in [2.05, 4.69) is 0 Å². The van der Waals surface area contributed by atoms with Crippen LogP contribution in [0.5, 0.6) is 0 Å². The van der Waals surface area contributed by atoms with Crippen molar-refractivity contribution in [2.75, 3.05) is 7.05 Å². The largest absolute Gasteiger partial charge is 0.391 e. The average molecular weight is 304 g/mol. The van der Waals surface area contributed by atoms with Crippen LogP contribution in [0.4, 0.5) is 0 Å². The van der Waals surface area contributed by atoms with Gasteiger partial charge in [0.15, 0.2) is 0 Å². The fraction of sp³-hybridized carbons (Fsp3) is 0.538. The molecule has 2 atom stereocenters. The number of aliphatic hydroxyl groups is 1. The van der Waals surface area contributed by atoms with Gasteiger partial charge in [-0.3, -0.25) is 0 Å². The van der Waals surface area contributed by atoms with E-state index in [9.17, 15) is 13.5 Å². The molecule has 0 radical (unpaired) electrons. The monoisotopic (exact) mass is 303 g/mol. The molecular weight excluding hydrogens is 286 g/mol. The molecule has 1 aliphatic rings. The highest BCUT2D eigenvalue weighted by atomic mass is 35.5. The Morgan fingerprint density at radius 2 is 1.79 bits per heavy atom. The van der Waals surface area contributed by atoms with Crippen LogP contribution in [0.15, 0.2) is 29.2 Å². The lowest BCUT2D eigenvalue weighted by atomic mass is 9.93. The van der Waals surface area contributed by atoms with E-state index in [0.717, 1.165) is 12.8 Å². The molecule has 1 fully saturated rings. The molecule has 0 aromatic heterocycles. The Morgan fingerprint density at radius 3 is 2.37 bits per heavy atom. The average Bonchev–Trinajstić information content (AvgIpc) is 2.39. The number of aliphatic hydroxyl groups excluding tert-OH is 1. The Balaban J connectivity index is 2.25. The molecule has 1 aromatic carbocycles. The van der Waals surface area contributed by atoms with Crippen LogP contribution in [-0.2, 0) is 10.0 Å². The van der Waals surface area contributed by atoms with Gasteiger partial charge in [-0.25, -0.2) is 8.42 Å². The highest BCUT2D eigenvalue weighted by Gasteiger charge is 2.34. The van der Waals surface area contributed by atoms with E-state index < -0.39 is 16.1 Å². The van der Waals surface area contributed by atoms with Crippen LogP contribution in [0, 0.1) is 0 Å². The zero-order valence-corrected chi connectivity index (χ0v) is 12.4. The zero-order valence-electron chi connectivity index (χ0n) is 10.8. The number of likely N-dealkylation sites (N-methyl/N-ethyl adjacent to an activating group) is 1. The molecule has 106 valence electrons. The van der Waals surface area contributed by atoms with Gasteiger partial charge in [-0.2, -0.15) is 4.31 Å². The van der Waals surface area contributed by atoms with Crippen LogP contribution in [0.25, 0.3) is 0 Å². The minimum Gasteiger partial charge on any atom is -0.391 e. The number of hydrogen-bond donors (Lipinski definition) is 1. The van der Waals surface area contributed by atoms with Crippen LogP contribution in [0.1, 0.15) is 25.7 Å². The number of benzene rings is 1. The van der Waals surface area contributed by atoms with Gasteiger partial charge in [0.25, 0.3) is 0 Å². The van der Waals surface area contributed by atoms with Gasteiger partial charge in [0.2, 0.25) is 10.0 Å². The second-order valence-corrected chi connectivity index (χ2v) is 7.33. The smallest absolute Gasteiger partial charge is 0.243 e. The van der Waals surface area contributed by atoms with Gasteiger partial charge in [-0.1, -0.05) is 24.4 Å². The Hall–Kier alpha value is -0.620. The van der Waals surface area contributed by atoms with E-state index in [1.807, 2.05) is 0 Å². The third-order valence-electron chi connectivity index (χ3n) is 3.65. The van der Waals surface area contributed by atoms with Gasteiger partial charge in [-0.15, -0.1) is 0 Å². The minimum absolute atomic E-state index is 0.206. The molecule has 0 bridgehead atoms. The van der Waals surface area contributed by atoms with E-state index in [0.29, 0.717) is 17.9 Å². The van der Waals surface area contributed by atoms with E-state index in [1.165, 1.54) is 23.5 Å². The second kappa shape index (κ2) is 5.79. The quantitative estimate of drug-likeness (QED) is 0.932. The van der Waals surface area contributed by atoms with E-state index in [4.69, 9.17) is 11.6 Å². The lowest BCUT2D eigenvalue weighted by Gasteiger charge is -2.34. The maximum atomic E-state index is 12.5. The third-order valence-corrected chi connectivity index (χ3v) is 5.80. The topological polar surface area (TPSA) is 57.6 Å². The summed E-state index contributed by atoms with van der Waals surface area (Å²) < 4.78 is 26.2. The second-order valence-electron chi connectivity index (χ2n) is 4.89. The van der Waals surface area contributed by atoms with E-state index in [-0.39, 0.29) is 10.9 Å². The summed E-state index contributed by atoms with van der Waals surface area (Å²) in [6.45, 7) is 0. The molecule has 2 unspecified atom stereocenters. The van der Waals surface area contributed by atoms with Gasteiger partial charge >= 0.3 is 0 Å². The van der Waals surface area contributed by atoms with Crippen LogP contribution < -0.4 is 0 Å². The predicted octanol–water partition coefficient (Wildman–Crippen LogP) is 2.26. The Kier molecular flexibility index (Phi) is 4.50. The van der Waals surface area contributed by atoms with Crippen molar-refractivity contribution in [1.82, 2.24) is 4.31 Å². The first-order valence-corrected chi connectivity index (χ1v) is 8.16. The first-order valence-electron chi connectivity index (χ1n) is 6.34. The molecule has 0 heterocycles. The summed E-state index contributed by atoms with van der Waals surface area (Å²) in [5, 5.41) is 10.5. The summed E-state index contributed by atoms with van der Waals surface area (Å²) in [4.78, 5) is 0.206. The zero-order chi connectivity index (χ0) is 14.0. The van der Waals surface area contributed by atoms with Crippen molar-refractivity contribution in [3.8, 4) is 0 Å². The summed E-state index contributed by atoms with van der Waals surface area (Å²) in [5.41, 5.74) is 0. The van der Waals surface area contributed by atoms with Crippen molar-refractivity contribution in [2.45, 2.75) is 42.7 Å². The predicted molar refractivity (Wildman–Crippen MR) is 74.7 cm³/mol. The van der Waals surface area contributed by atoms with Crippen molar-refractivity contribution in [1.29, 1.82) is 0 Å². The number of halogens is 1. The normalized spacial score (nSPS) is 24.6. The molecule has 1 saturated carbocycles. The molecule has 4 nitrogen and oxygen atoms in total. The maximum Gasteiger partial charge on any atom is 0.243 e.